The summed E-state index contributed by atoms with van der Waals surface area (Å²) in [6, 6.07) is 18.6. The summed E-state index contributed by atoms with van der Waals surface area (Å²) in [6.45, 7) is 8.32. The number of nitrogens with zero attached hydrogens (tertiary/aromatic N) is 4. The number of benzene rings is 2. The zero-order chi connectivity index (χ0) is 19.0. The normalized spacial score (nSPS) is 11.6. The first kappa shape index (κ1) is 17.2. The van der Waals surface area contributed by atoms with Crippen molar-refractivity contribution in [2.24, 2.45) is 10.2 Å². The van der Waals surface area contributed by atoms with Gasteiger partial charge in [0.1, 0.15) is 11.3 Å². The Bertz CT molecular complexity index is 1170. The lowest BCUT2D eigenvalue weighted by molar-refractivity contribution is 1.10. The van der Waals surface area contributed by atoms with Crippen molar-refractivity contribution in [2.75, 3.05) is 0 Å². The van der Waals surface area contributed by atoms with E-state index >= 15 is 0 Å². The van der Waals surface area contributed by atoms with Crippen LogP contribution in [0.25, 0.3) is 16.9 Å². The van der Waals surface area contributed by atoms with Gasteiger partial charge < -0.3 is 0 Å². The van der Waals surface area contributed by atoms with Crippen LogP contribution in [-0.4, -0.2) is 9.38 Å². The number of hydrogen-bond donors (Lipinski definition) is 0. The van der Waals surface area contributed by atoms with Gasteiger partial charge in [-0.3, -0.25) is 4.40 Å². The fourth-order valence-corrected chi connectivity index (χ4v) is 3.20. The molecule has 2 aromatic heterocycles. The average molecular weight is 354 g/mol. The number of imidazole rings is 1. The lowest BCUT2D eigenvalue weighted by Crippen LogP contribution is -1.86. The number of azo groups is 1. The maximum absolute atomic E-state index is 4.88. The predicted octanol–water partition coefficient (Wildman–Crippen LogP) is 6.65. The summed E-state index contributed by atoms with van der Waals surface area (Å²) in [4.78, 5) is 4.88. The quantitative estimate of drug-likeness (QED) is 0.380. The van der Waals surface area contributed by atoms with Gasteiger partial charge >= 0.3 is 0 Å². The molecule has 0 bridgehead atoms. The van der Waals surface area contributed by atoms with Crippen LogP contribution < -0.4 is 0 Å². The molecule has 27 heavy (non-hydrogen) atoms. The van der Waals surface area contributed by atoms with E-state index in [9.17, 15) is 0 Å². The smallest absolute Gasteiger partial charge is 0.187 e. The van der Waals surface area contributed by atoms with E-state index in [4.69, 9.17) is 4.98 Å². The second kappa shape index (κ2) is 6.80. The minimum Gasteiger partial charge on any atom is -0.283 e. The van der Waals surface area contributed by atoms with Gasteiger partial charge in [0.25, 0.3) is 0 Å². The maximum atomic E-state index is 4.88. The molecule has 2 heterocycles. The minimum absolute atomic E-state index is 0.750. The van der Waals surface area contributed by atoms with Crippen molar-refractivity contribution in [3.05, 3.63) is 83.0 Å². The van der Waals surface area contributed by atoms with Crippen molar-refractivity contribution < 1.29 is 0 Å². The molecule has 0 radical (unpaired) electrons. The fraction of sp³-hybridized carbons (Fsp3) is 0.174. The number of pyridine rings is 1. The van der Waals surface area contributed by atoms with E-state index in [0.29, 0.717) is 0 Å². The van der Waals surface area contributed by atoms with Crippen molar-refractivity contribution in [3.63, 3.8) is 0 Å². The van der Waals surface area contributed by atoms with Gasteiger partial charge in [-0.15, -0.1) is 10.2 Å². The molecule has 0 amide bonds. The van der Waals surface area contributed by atoms with Crippen LogP contribution in [0.5, 0.6) is 0 Å². The molecular weight excluding hydrogens is 332 g/mol. The Hall–Kier alpha value is -3.27. The molecule has 0 unspecified atom stereocenters. The molecule has 4 rings (SSSR count). The summed E-state index contributed by atoms with van der Waals surface area (Å²) in [5, 5.41) is 9.09. The molecule has 4 nitrogen and oxygen atoms in total. The molecule has 4 heteroatoms. The highest BCUT2D eigenvalue weighted by molar-refractivity contribution is 5.77. The zero-order valence-electron chi connectivity index (χ0n) is 16.1. The van der Waals surface area contributed by atoms with Gasteiger partial charge in [0, 0.05) is 11.8 Å². The van der Waals surface area contributed by atoms with E-state index < -0.39 is 0 Å². The Morgan fingerprint density at radius 2 is 1.56 bits per heavy atom. The second-order valence-electron chi connectivity index (χ2n) is 7.07. The van der Waals surface area contributed by atoms with E-state index in [1.165, 1.54) is 16.7 Å². The van der Waals surface area contributed by atoms with E-state index in [0.717, 1.165) is 34.0 Å². The molecule has 0 aliphatic heterocycles. The first-order valence-corrected chi connectivity index (χ1v) is 9.06. The predicted molar refractivity (Wildman–Crippen MR) is 110 cm³/mol. The van der Waals surface area contributed by atoms with E-state index in [1.807, 2.05) is 28.8 Å². The molecule has 4 aromatic rings. The SMILES string of the molecule is Cc1cccc(N=Nc2c(-c3cc(C)ccc3C)nc3cc(C)ccn23)c1. The molecule has 0 atom stereocenters. The molecule has 0 saturated carbocycles. The van der Waals surface area contributed by atoms with Crippen LogP contribution in [0.15, 0.2) is 71.0 Å². The van der Waals surface area contributed by atoms with Crippen molar-refractivity contribution in [1.29, 1.82) is 0 Å². The summed E-state index contributed by atoms with van der Waals surface area (Å²) in [5.74, 6) is 0.750. The van der Waals surface area contributed by atoms with Crippen LogP contribution in [0.1, 0.15) is 22.3 Å². The number of aromatic nitrogens is 2. The summed E-state index contributed by atoms with van der Waals surface area (Å²) < 4.78 is 2.00. The first-order valence-electron chi connectivity index (χ1n) is 9.06. The third-order valence-electron chi connectivity index (χ3n) is 4.67. The topological polar surface area (TPSA) is 42.0 Å². The third-order valence-corrected chi connectivity index (χ3v) is 4.67. The molecule has 134 valence electrons. The van der Waals surface area contributed by atoms with Gasteiger partial charge in [0.05, 0.1) is 5.69 Å². The van der Waals surface area contributed by atoms with Gasteiger partial charge in [-0.1, -0.05) is 29.8 Å². The molecule has 0 N–H and O–H groups in total. The van der Waals surface area contributed by atoms with Crippen LogP contribution >= 0.6 is 0 Å². The van der Waals surface area contributed by atoms with Crippen LogP contribution in [0, 0.1) is 27.7 Å². The Morgan fingerprint density at radius 3 is 2.37 bits per heavy atom. The van der Waals surface area contributed by atoms with Crippen molar-refractivity contribution in [1.82, 2.24) is 9.38 Å². The molecular formula is C23H22N4. The highest BCUT2D eigenvalue weighted by Gasteiger charge is 2.16. The molecule has 0 spiro atoms. The van der Waals surface area contributed by atoms with Crippen molar-refractivity contribution in [2.45, 2.75) is 27.7 Å². The van der Waals surface area contributed by atoms with Crippen molar-refractivity contribution >= 4 is 17.2 Å². The lowest BCUT2D eigenvalue weighted by atomic mass is 10.0. The highest BCUT2D eigenvalue weighted by Crippen LogP contribution is 2.34. The van der Waals surface area contributed by atoms with E-state index in [1.54, 1.807) is 0 Å². The third kappa shape index (κ3) is 3.38. The van der Waals surface area contributed by atoms with Gasteiger partial charge in [-0.2, -0.15) is 0 Å². The van der Waals surface area contributed by atoms with Crippen molar-refractivity contribution in [3.8, 4) is 11.3 Å². The summed E-state index contributed by atoms with van der Waals surface area (Å²) in [6.07, 6.45) is 2.01. The largest absolute Gasteiger partial charge is 0.283 e. The summed E-state index contributed by atoms with van der Waals surface area (Å²) in [7, 11) is 0. The van der Waals surface area contributed by atoms with Crippen LogP contribution in [-0.2, 0) is 0 Å². The van der Waals surface area contributed by atoms with E-state index in [2.05, 4.69) is 74.3 Å². The van der Waals surface area contributed by atoms with Crippen LogP contribution in [0.2, 0.25) is 0 Å². The number of fused-ring (bicyclic) bond motifs is 1. The zero-order valence-corrected chi connectivity index (χ0v) is 16.1. The Balaban J connectivity index is 1.93. The lowest BCUT2D eigenvalue weighted by Gasteiger charge is -2.05. The highest BCUT2D eigenvalue weighted by atomic mass is 15.2. The van der Waals surface area contributed by atoms with Gasteiger partial charge in [-0.25, -0.2) is 4.98 Å². The number of rotatable bonds is 3. The van der Waals surface area contributed by atoms with Gasteiger partial charge in [0.2, 0.25) is 0 Å². The average Bonchev–Trinajstić information content (AvgIpc) is 2.99. The first-order chi connectivity index (χ1) is 13.0. The van der Waals surface area contributed by atoms with Gasteiger partial charge in [0.15, 0.2) is 5.82 Å². The Labute approximate surface area is 159 Å². The minimum atomic E-state index is 0.750. The number of aryl methyl sites for hydroxylation is 4. The van der Waals surface area contributed by atoms with Gasteiger partial charge in [-0.05, 0) is 74.7 Å². The number of hydrogen-bond acceptors (Lipinski definition) is 3. The second-order valence-corrected chi connectivity index (χ2v) is 7.07. The maximum Gasteiger partial charge on any atom is 0.187 e. The molecule has 0 fully saturated rings. The Morgan fingerprint density at radius 1 is 0.778 bits per heavy atom. The van der Waals surface area contributed by atoms with Crippen LogP contribution in [0.3, 0.4) is 0 Å². The molecule has 0 aliphatic carbocycles. The summed E-state index contributed by atoms with van der Waals surface area (Å²) in [5.41, 5.74) is 8.37. The Kier molecular flexibility index (Phi) is 4.32. The monoisotopic (exact) mass is 354 g/mol. The molecule has 0 saturated heterocycles. The summed E-state index contributed by atoms with van der Waals surface area (Å²) >= 11 is 0. The molecule has 2 aromatic carbocycles. The van der Waals surface area contributed by atoms with E-state index in [-0.39, 0.29) is 0 Å². The fourth-order valence-electron chi connectivity index (χ4n) is 3.20. The van der Waals surface area contributed by atoms with Crippen LogP contribution in [0.4, 0.5) is 11.5 Å². The molecule has 0 aliphatic rings. The standard InChI is InChI=1S/C23H22N4/c1-15-6-5-7-19(12-15)25-26-23-22(20-13-16(2)8-9-18(20)4)24-21-14-17(3)10-11-27(21)23/h5-14H,1-4H3.